The number of urea groups is 1. The van der Waals surface area contributed by atoms with Crippen LogP contribution in [-0.4, -0.2) is 30.0 Å². The molecule has 0 saturated heterocycles. The molecule has 7 nitrogen and oxygen atoms in total. The Morgan fingerprint density at radius 3 is 2.75 bits per heavy atom. The fraction of sp³-hybridized carbons (Fsp3) is 0.375. The number of rotatable bonds is 4. The van der Waals surface area contributed by atoms with E-state index >= 15 is 0 Å². The van der Waals surface area contributed by atoms with Gasteiger partial charge in [0.05, 0.1) is 6.61 Å². The molecule has 0 unspecified atom stereocenters. The standard InChI is InChI=1S/C8H12N4O3S/c1-3-15-6-4(5(9)13)7(16-12-6)11-8(14)10-2/h3H2,1-2H3,(H2,9,13)(H2,10,11,14). The number of amides is 3. The topological polar surface area (TPSA) is 106 Å². The largest absolute Gasteiger partial charge is 0.477 e. The van der Waals surface area contributed by atoms with Crippen molar-refractivity contribution < 1.29 is 14.3 Å². The smallest absolute Gasteiger partial charge is 0.319 e. The van der Waals surface area contributed by atoms with Gasteiger partial charge in [0, 0.05) is 7.05 Å². The number of hydrogen-bond donors (Lipinski definition) is 3. The highest BCUT2D eigenvalue weighted by molar-refractivity contribution is 7.11. The van der Waals surface area contributed by atoms with Crippen molar-refractivity contribution in [1.82, 2.24) is 9.69 Å². The number of nitrogens with one attached hydrogen (secondary N) is 2. The molecule has 88 valence electrons. The molecule has 0 aliphatic heterocycles. The summed E-state index contributed by atoms with van der Waals surface area (Å²) in [4.78, 5) is 22.3. The van der Waals surface area contributed by atoms with Crippen LogP contribution in [0.4, 0.5) is 9.80 Å². The molecule has 0 aliphatic carbocycles. The molecule has 0 atom stereocenters. The molecular formula is C8H12N4O3S. The third kappa shape index (κ3) is 2.60. The van der Waals surface area contributed by atoms with E-state index in [9.17, 15) is 9.59 Å². The van der Waals surface area contributed by atoms with Crippen molar-refractivity contribution in [1.29, 1.82) is 0 Å². The number of hydrogen-bond acceptors (Lipinski definition) is 5. The third-order valence-corrected chi connectivity index (χ3v) is 2.39. The van der Waals surface area contributed by atoms with E-state index in [0.717, 1.165) is 11.5 Å². The van der Waals surface area contributed by atoms with E-state index in [1.54, 1.807) is 6.92 Å². The molecule has 0 aliphatic rings. The first-order chi connectivity index (χ1) is 7.60. The minimum absolute atomic E-state index is 0.0930. The van der Waals surface area contributed by atoms with Crippen LogP contribution in [0.5, 0.6) is 5.88 Å². The molecule has 4 N–H and O–H groups in total. The van der Waals surface area contributed by atoms with Crippen LogP contribution in [0, 0.1) is 0 Å². The fourth-order valence-electron chi connectivity index (χ4n) is 0.979. The molecule has 16 heavy (non-hydrogen) atoms. The first-order valence-corrected chi connectivity index (χ1v) is 5.28. The van der Waals surface area contributed by atoms with Gasteiger partial charge in [0.15, 0.2) is 0 Å². The maximum atomic E-state index is 11.2. The van der Waals surface area contributed by atoms with Crippen LogP contribution in [0.2, 0.25) is 0 Å². The summed E-state index contributed by atoms with van der Waals surface area (Å²) in [5.41, 5.74) is 5.28. The Morgan fingerprint density at radius 1 is 1.56 bits per heavy atom. The van der Waals surface area contributed by atoms with Crippen molar-refractivity contribution in [3.63, 3.8) is 0 Å². The van der Waals surface area contributed by atoms with Crippen LogP contribution in [0.3, 0.4) is 0 Å². The second-order valence-corrected chi connectivity index (χ2v) is 3.47. The molecule has 0 radical (unpaired) electrons. The second-order valence-electron chi connectivity index (χ2n) is 2.69. The summed E-state index contributed by atoms with van der Waals surface area (Å²) in [5.74, 6) is -0.546. The SMILES string of the molecule is CCOc1nsc(NC(=O)NC)c1C(N)=O. The van der Waals surface area contributed by atoms with E-state index in [-0.39, 0.29) is 16.4 Å². The van der Waals surface area contributed by atoms with Crippen LogP contribution in [0.1, 0.15) is 17.3 Å². The normalized spacial score (nSPS) is 9.62. The first-order valence-electron chi connectivity index (χ1n) is 4.51. The van der Waals surface area contributed by atoms with E-state index in [1.807, 2.05) is 0 Å². The number of primary amides is 1. The number of anilines is 1. The van der Waals surface area contributed by atoms with Gasteiger partial charge >= 0.3 is 6.03 Å². The highest BCUT2D eigenvalue weighted by Gasteiger charge is 2.21. The van der Waals surface area contributed by atoms with Gasteiger partial charge in [-0.05, 0) is 18.5 Å². The average molecular weight is 244 g/mol. The number of nitrogens with two attached hydrogens (primary N) is 1. The Labute approximate surface area is 96.1 Å². The van der Waals surface area contributed by atoms with Crippen molar-refractivity contribution in [2.75, 3.05) is 19.0 Å². The molecule has 0 bridgehead atoms. The van der Waals surface area contributed by atoms with Crippen LogP contribution in [0.25, 0.3) is 0 Å². The van der Waals surface area contributed by atoms with E-state index in [2.05, 4.69) is 15.0 Å². The Hall–Kier alpha value is -1.83. The van der Waals surface area contributed by atoms with Gasteiger partial charge in [0.25, 0.3) is 5.91 Å². The maximum absolute atomic E-state index is 11.2. The summed E-state index contributed by atoms with van der Waals surface area (Å²) in [6.45, 7) is 2.12. The summed E-state index contributed by atoms with van der Waals surface area (Å²) < 4.78 is 9.01. The van der Waals surface area contributed by atoms with Crippen LogP contribution >= 0.6 is 11.5 Å². The van der Waals surface area contributed by atoms with Crippen molar-refractivity contribution in [2.45, 2.75) is 6.92 Å². The molecular weight excluding hydrogens is 232 g/mol. The Balaban J connectivity index is 3.00. The lowest BCUT2D eigenvalue weighted by atomic mass is 10.3. The lowest BCUT2D eigenvalue weighted by Crippen LogP contribution is -2.25. The maximum Gasteiger partial charge on any atom is 0.319 e. The van der Waals surface area contributed by atoms with Crippen LogP contribution in [-0.2, 0) is 0 Å². The number of carbonyl (C=O) groups excluding carboxylic acids is 2. The van der Waals surface area contributed by atoms with Gasteiger partial charge in [0.2, 0.25) is 5.88 Å². The van der Waals surface area contributed by atoms with Gasteiger partial charge in [-0.2, -0.15) is 4.37 Å². The van der Waals surface area contributed by atoms with Crippen molar-refractivity contribution in [2.24, 2.45) is 5.73 Å². The quantitative estimate of drug-likeness (QED) is 0.712. The van der Waals surface area contributed by atoms with Gasteiger partial charge in [-0.15, -0.1) is 0 Å². The van der Waals surface area contributed by atoms with Crippen LogP contribution in [0.15, 0.2) is 0 Å². The minimum Gasteiger partial charge on any atom is -0.477 e. The Bertz CT molecular complexity index is 404. The van der Waals surface area contributed by atoms with Gasteiger partial charge < -0.3 is 15.8 Å². The van der Waals surface area contributed by atoms with Crippen molar-refractivity contribution >= 4 is 28.5 Å². The molecule has 8 heteroatoms. The number of carbonyl (C=O) groups is 2. The van der Waals surface area contributed by atoms with E-state index in [4.69, 9.17) is 10.5 Å². The number of nitrogens with zero attached hydrogens (tertiary/aromatic N) is 1. The van der Waals surface area contributed by atoms with Crippen molar-refractivity contribution in [3.8, 4) is 5.88 Å². The van der Waals surface area contributed by atoms with E-state index in [0.29, 0.717) is 6.61 Å². The monoisotopic (exact) mass is 244 g/mol. The van der Waals surface area contributed by atoms with Crippen LogP contribution < -0.4 is 21.1 Å². The lowest BCUT2D eigenvalue weighted by molar-refractivity contribution is 0.0997. The molecule has 1 aromatic rings. The predicted molar refractivity (Wildman–Crippen MR) is 59.9 cm³/mol. The zero-order valence-electron chi connectivity index (χ0n) is 8.86. The second kappa shape index (κ2) is 5.31. The first kappa shape index (κ1) is 12.2. The van der Waals surface area contributed by atoms with Gasteiger partial charge in [-0.1, -0.05) is 0 Å². The minimum atomic E-state index is -0.691. The summed E-state index contributed by atoms with van der Waals surface area (Å²) in [6.07, 6.45) is 0. The molecule has 0 aromatic carbocycles. The molecule has 0 spiro atoms. The predicted octanol–water partition coefficient (Wildman–Crippen LogP) is 0.392. The lowest BCUT2D eigenvalue weighted by Gasteiger charge is -2.03. The van der Waals surface area contributed by atoms with Gasteiger partial charge in [0.1, 0.15) is 10.6 Å². The third-order valence-electron chi connectivity index (χ3n) is 1.64. The summed E-state index contributed by atoms with van der Waals surface area (Å²) in [7, 11) is 1.46. The molecule has 1 aromatic heterocycles. The summed E-state index contributed by atoms with van der Waals surface area (Å²) in [5, 5.41) is 5.08. The molecule has 1 rings (SSSR count). The fourth-order valence-corrected chi connectivity index (χ4v) is 1.71. The van der Waals surface area contributed by atoms with E-state index in [1.165, 1.54) is 7.05 Å². The Kier molecular flexibility index (Phi) is 4.06. The number of aromatic nitrogens is 1. The van der Waals surface area contributed by atoms with E-state index < -0.39 is 11.9 Å². The van der Waals surface area contributed by atoms with Gasteiger partial charge in [-0.25, -0.2) is 4.79 Å². The molecule has 1 heterocycles. The number of ether oxygens (including phenoxy) is 1. The Morgan fingerprint density at radius 2 is 2.25 bits per heavy atom. The molecule has 0 saturated carbocycles. The molecule has 0 fully saturated rings. The van der Waals surface area contributed by atoms with Gasteiger partial charge in [-0.3, -0.25) is 10.1 Å². The highest BCUT2D eigenvalue weighted by atomic mass is 32.1. The van der Waals surface area contributed by atoms with Crippen molar-refractivity contribution in [3.05, 3.63) is 5.56 Å². The summed E-state index contributed by atoms with van der Waals surface area (Å²) >= 11 is 0.940. The summed E-state index contributed by atoms with van der Waals surface area (Å²) in [6, 6.07) is -0.450. The zero-order chi connectivity index (χ0) is 12.1. The highest BCUT2D eigenvalue weighted by Crippen LogP contribution is 2.29. The molecule has 3 amide bonds. The average Bonchev–Trinajstić information content (AvgIpc) is 2.61. The zero-order valence-corrected chi connectivity index (χ0v) is 9.68.